The summed E-state index contributed by atoms with van der Waals surface area (Å²) in [5, 5.41) is 9.07. The number of methoxy groups -OCH3 is 2. The summed E-state index contributed by atoms with van der Waals surface area (Å²) in [6.07, 6.45) is -1.07. The van der Waals surface area contributed by atoms with Crippen LogP contribution in [0.25, 0.3) is 0 Å². The lowest BCUT2D eigenvalue weighted by atomic mass is 10.00. The van der Waals surface area contributed by atoms with Gasteiger partial charge in [0, 0.05) is 20.4 Å². The summed E-state index contributed by atoms with van der Waals surface area (Å²) >= 11 is 0. The Morgan fingerprint density at radius 2 is 1.91 bits per heavy atom. The molecule has 1 N–H and O–H groups in total. The van der Waals surface area contributed by atoms with Gasteiger partial charge in [0.25, 0.3) is 0 Å². The number of ether oxygens (including phenoxy) is 3. The largest absolute Gasteiger partial charge is 0.478 e. The van der Waals surface area contributed by atoms with Crippen molar-refractivity contribution in [2.45, 2.75) is 19.0 Å². The molecule has 0 fully saturated rings. The fraction of sp³-hybridized carbons (Fsp3) is 0.312. The molecule has 7 heteroatoms. The smallest absolute Gasteiger partial charge is 0.341 e. The summed E-state index contributed by atoms with van der Waals surface area (Å²) in [5.41, 5.74) is 0.594. The van der Waals surface area contributed by atoms with E-state index in [2.05, 4.69) is 4.99 Å². The van der Waals surface area contributed by atoms with Gasteiger partial charge >= 0.3 is 5.97 Å². The van der Waals surface area contributed by atoms with E-state index in [0.717, 1.165) is 11.8 Å². The summed E-state index contributed by atoms with van der Waals surface area (Å²) in [7, 11) is 2.79. The molecule has 0 bridgehead atoms. The third kappa shape index (κ3) is 3.89. The summed E-state index contributed by atoms with van der Waals surface area (Å²) in [6, 6.07) is 9.21. The summed E-state index contributed by atoms with van der Waals surface area (Å²) < 4.78 is 15.8. The topological polar surface area (TPSA) is 94.4 Å². The van der Waals surface area contributed by atoms with Crippen molar-refractivity contribution in [2.24, 2.45) is 4.99 Å². The van der Waals surface area contributed by atoms with Crippen molar-refractivity contribution >= 4 is 17.5 Å². The molecule has 0 saturated carbocycles. The minimum Gasteiger partial charge on any atom is -0.478 e. The minimum atomic E-state index is -1.35. The van der Waals surface area contributed by atoms with E-state index in [4.69, 9.17) is 19.3 Å². The number of carboxylic acids is 1. The predicted octanol–water partition coefficient (Wildman–Crippen LogP) is 1.18. The van der Waals surface area contributed by atoms with Crippen LogP contribution in [0.5, 0.6) is 0 Å². The fourth-order valence-electron chi connectivity index (χ4n) is 2.14. The Hall–Kier alpha value is -2.35. The van der Waals surface area contributed by atoms with Crippen LogP contribution in [0.3, 0.4) is 0 Å². The Morgan fingerprint density at radius 1 is 1.26 bits per heavy atom. The second-order valence-electron chi connectivity index (χ2n) is 4.75. The standard InChI is InChI=1S/C16H17NO6/c1-21-16(22-2)12-14(13(18)11(8-17-12)15(19)20)23-9-10-6-4-3-5-7-10/h3-8,14,16H,9H2,1-2H3,(H,19,20). The lowest BCUT2D eigenvalue weighted by molar-refractivity contribution is -0.137. The first-order valence-electron chi connectivity index (χ1n) is 6.84. The van der Waals surface area contributed by atoms with Crippen molar-refractivity contribution in [3.63, 3.8) is 0 Å². The molecule has 0 radical (unpaired) electrons. The van der Waals surface area contributed by atoms with Gasteiger partial charge in [0.05, 0.1) is 6.61 Å². The van der Waals surface area contributed by atoms with Gasteiger partial charge in [-0.1, -0.05) is 30.3 Å². The maximum Gasteiger partial charge on any atom is 0.341 e. The highest BCUT2D eigenvalue weighted by atomic mass is 16.7. The maximum absolute atomic E-state index is 12.4. The van der Waals surface area contributed by atoms with Crippen molar-refractivity contribution in [3.8, 4) is 0 Å². The number of aliphatic carboxylic acids is 1. The number of Topliss-reactive ketones (excluding diaryl/α,β-unsaturated/α-hetero) is 1. The van der Waals surface area contributed by atoms with Gasteiger partial charge in [-0.2, -0.15) is 0 Å². The quantitative estimate of drug-likeness (QED) is 0.599. The third-order valence-corrected chi connectivity index (χ3v) is 3.27. The molecule has 0 aliphatic carbocycles. The average Bonchev–Trinajstić information content (AvgIpc) is 2.56. The van der Waals surface area contributed by atoms with Crippen molar-refractivity contribution in [1.29, 1.82) is 0 Å². The number of rotatable bonds is 7. The van der Waals surface area contributed by atoms with Crippen LogP contribution in [-0.2, 0) is 30.4 Å². The highest BCUT2D eigenvalue weighted by Crippen LogP contribution is 2.18. The van der Waals surface area contributed by atoms with Gasteiger partial charge in [-0.05, 0) is 5.56 Å². The number of carbonyl (C=O) groups excluding carboxylic acids is 1. The van der Waals surface area contributed by atoms with E-state index in [9.17, 15) is 9.59 Å². The second kappa shape index (κ2) is 7.77. The van der Waals surface area contributed by atoms with Crippen LogP contribution in [0.1, 0.15) is 5.56 Å². The van der Waals surface area contributed by atoms with Gasteiger partial charge in [-0.15, -0.1) is 0 Å². The average molecular weight is 319 g/mol. The van der Waals surface area contributed by atoms with Gasteiger partial charge in [0.1, 0.15) is 11.3 Å². The summed E-state index contributed by atoms with van der Waals surface area (Å²) in [4.78, 5) is 27.5. The normalized spacial score (nSPS) is 17.9. The van der Waals surface area contributed by atoms with Gasteiger partial charge in [-0.25, -0.2) is 4.79 Å². The molecule has 1 aromatic carbocycles. The van der Waals surface area contributed by atoms with Crippen molar-refractivity contribution in [2.75, 3.05) is 14.2 Å². The lowest BCUT2D eigenvalue weighted by Gasteiger charge is -2.25. The van der Waals surface area contributed by atoms with E-state index in [1.54, 1.807) is 0 Å². The fourth-order valence-corrected chi connectivity index (χ4v) is 2.14. The molecule has 23 heavy (non-hydrogen) atoms. The van der Waals surface area contributed by atoms with E-state index in [-0.39, 0.29) is 12.3 Å². The molecule has 1 aromatic rings. The summed E-state index contributed by atoms with van der Waals surface area (Å²) in [6.45, 7) is 0.128. The van der Waals surface area contributed by atoms with Crippen molar-refractivity contribution < 1.29 is 28.9 Å². The number of carbonyl (C=O) groups is 2. The van der Waals surface area contributed by atoms with Gasteiger partial charge < -0.3 is 19.3 Å². The molecule has 0 amide bonds. The predicted molar refractivity (Wildman–Crippen MR) is 81.0 cm³/mol. The summed E-state index contributed by atoms with van der Waals surface area (Å²) in [5.74, 6) is -2.03. The molecule has 1 aliphatic heterocycles. The zero-order valence-corrected chi connectivity index (χ0v) is 12.8. The molecule has 0 aromatic heterocycles. The number of aliphatic imine (C=N–C) groups is 1. The molecule has 0 saturated heterocycles. The molecular formula is C16H17NO6. The number of benzene rings is 1. The Balaban J connectivity index is 2.25. The number of hydrogen-bond donors (Lipinski definition) is 1. The number of carboxylic acid groups (broad SMARTS) is 1. The molecule has 1 heterocycles. The molecule has 1 aliphatic rings. The van der Waals surface area contributed by atoms with Crippen molar-refractivity contribution in [1.82, 2.24) is 0 Å². The Labute approximate surface area is 133 Å². The minimum absolute atomic E-state index is 0.128. The van der Waals surface area contributed by atoms with E-state index in [1.807, 2.05) is 30.3 Å². The molecule has 0 spiro atoms. The first kappa shape index (κ1) is 17.0. The first-order chi connectivity index (χ1) is 11.1. The molecule has 1 atom stereocenters. The van der Waals surface area contributed by atoms with E-state index in [1.165, 1.54) is 14.2 Å². The lowest BCUT2D eigenvalue weighted by Crippen LogP contribution is -2.45. The number of ketones is 1. The molecule has 1 unspecified atom stereocenters. The highest BCUT2D eigenvalue weighted by molar-refractivity contribution is 6.27. The van der Waals surface area contributed by atoms with Crippen LogP contribution in [0, 0.1) is 0 Å². The maximum atomic E-state index is 12.4. The van der Waals surface area contributed by atoms with Crippen LogP contribution >= 0.6 is 0 Å². The third-order valence-electron chi connectivity index (χ3n) is 3.27. The zero-order valence-electron chi connectivity index (χ0n) is 12.8. The van der Waals surface area contributed by atoms with Crippen LogP contribution in [0.2, 0.25) is 0 Å². The second-order valence-corrected chi connectivity index (χ2v) is 4.75. The number of nitrogens with zero attached hydrogens (tertiary/aromatic N) is 1. The molecular weight excluding hydrogens is 302 g/mol. The molecule has 2 rings (SSSR count). The van der Waals surface area contributed by atoms with Gasteiger partial charge in [-0.3, -0.25) is 9.79 Å². The highest BCUT2D eigenvalue weighted by Gasteiger charge is 2.38. The van der Waals surface area contributed by atoms with Gasteiger partial charge in [0.15, 0.2) is 12.4 Å². The van der Waals surface area contributed by atoms with E-state index >= 15 is 0 Å². The van der Waals surface area contributed by atoms with E-state index in [0.29, 0.717) is 0 Å². The van der Waals surface area contributed by atoms with Crippen LogP contribution < -0.4 is 0 Å². The molecule has 7 nitrogen and oxygen atoms in total. The Morgan fingerprint density at radius 3 is 2.48 bits per heavy atom. The van der Waals surface area contributed by atoms with Crippen LogP contribution in [0.4, 0.5) is 0 Å². The molecule has 122 valence electrons. The first-order valence-corrected chi connectivity index (χ1v) is 6.84. The van der Waals surface area contributed by atoms with E-state index < -0.39 is 29.7 Å². The SMILES string of the molecule is COC(OC)C1=NC=C(C(=O)O)C(=O)C1OCc1ccccc1. The van der Waals surface area contributed by atoms with Gasteiger partial charge in [0.2, 0.25) is 5.78 Å². The van der Waals surface area contributed by atoms with Crippen molar-refractivity contribution in [3.05, 3.63) is 47.7 Å². The van der Waals surface area contributed by atoms with Crippen LogP contribution in [-0.4, -0.2) is 49.2 Å². The van der Waals surface area contributed by atoms with Crippen LogP contribution in [0.15, 0.2) is 47.1 Å². The Bertz CT molecular complexity index is 633. The Kier molecular flexibility index (Phi) is 5.75. The number of hydrogen-bond acceptors (Lipinski definition) is 6. The monoisotopic (exact) mass is 319 g/mol. The zero-order chi connectivity index (χ0) is 16.8.